The van der Waals surface area contributed by atoms with Crippen molar-refractivity contribution in [2.45, 2.75) is 31.7 Å². The molecule has 3 N–H and O–H groups in total. The van der Waals surface area contributed by atoms with Gasteiger partial charge in [-0.05, 0) is 13.8 Å². The molecule has 0 aliphatic carbocycles. The summed E-state index contributed by atoms with van der Waals surface area (Å²) in [6.45, 7) is 4.16. The molecule has 0 unspecified atom stereocenters. The number of hydrogen-bond donors (Lipinski definition) is 2. The largest absolute Gasteiger partial charge is 0.375 e. The summed E-state index contributed by atoms with van der Waals surface area (Å²) in [5.41, 5.74) is 7.66. The molecule has 0 fully saturated rings. The highest BCUT2D eigenvalue weighted by Gasteiger charge is 2.33. The van der Waals surface area contributed by atoms with Crippen LogP contribution in [0.5, 0.6) is 0 Å². The molecule has 0 amide bonds. The summed E-state index contributed by atoms with van der Waals surface area (Å²) in [6, 6.07) is 0. The monoisotopic (exact) mass is 313 g/mol. The second-order valence-corrected chi connectivity index (χ2v) is 7.76. The number of hydrogen-bond acceptors (Lipinski definition) is 6. The van der Waals surface area contributed by atoms with Crippen LogP contribution < -0.4 is 5.73 Å². The number of rotatable bonds is 2. The van der Waals surface area contributed by atoms with Crippen LogP contribution in [0, 0.1) is 13.8 Å². The Morgan fingerprint density at radius 2 is 2.15 bits per heavy atom. The van der Waals surface area contributed by atoms with Crippen LogP contribution in [-0.2, 0) is 23.0 Å². The van der Waals surface area contributed by atoms with E-state index in [1.165, 1.54) is 15.6 Å². The van der Waals surface area contributed by atoms with Crippen LogP contribution in [0.1, 0.15) is 22.0 Å². The zero-order valence-corrected chi connectivity index (χ0v) is 12.8. The number of H-pyrrole nitrogens is 1. The van der Waals surface area contributed by atoms with Crippen molar-refractivity contribution in [3.05, 3.63) is 22.0 Å². The Hall–Kier alpha value is -1.45. The zero-order chi connectivity index (χ0) is 14.5. The number of thiazole rings is 1. The van der Waals surface area contributed by atoms with Crippen molar-refractivity contribution in [1.82, 2.24) is 19.5 Å². The number of aromatic amines is 1. The van der Waals surface area contributed by atoms with Crippen molar-refractivity contribution in [1.29, 1.82) is 0 Å². The van der Waals surface area contributed by atoms with Crippen molar-refractivity contribution in [2.24, 2.45) is 0 Å². The van der Waals surface area contributed by atoms with Crippen LogP contribution in [0.4, 0.5) is 5.13 Å². The highest BCUT2D eigenvalue weighted by atomic mass is 32.2. The average molecular weight is 313 g/mol. The van der Waals surface area contributed by atoms with Gasteiger partial charge in [0.15, 0.2) is 5.13 Å². The Kier molecular flexibility index (Phi) is 3.07. The Morgan fingerprint density at radius 3 is 2.80 bits per heavy atom. The molecule has 0 saturated carbocycles. The second-order valence-electron chi connectivity index (χ2n) is 4.77. The average Bonchev–Trinajstić information content (AvgIpc) is 2.90. The fourth-order valence-corrected chi connectivity index (χ4v) is 5.16. The molecule has 9 heteroatoms. The van der Waals surface area contributed by atoms with E-state index in [2.05, 4.69) is 15.2 Å². The molecule has 3 rings (SSSR count). The van der Waals surface area contributed by atoms with E-state index in [1.54, 1.807) is 13.8 Å². The van der Waals surface area contributed by atoms with Crippen LogP contribution in [0.15, 0.2) is 4.90 Å². The molecule has 0 aromatic carbocycles. The van der Waals surface area contributed by atoms with Crippen LogP contribution >= 0.6 is 11.3 Å². The number of aromatic nitrogens is 3. The predicted octanol–water partition coefficient (Wildman–Crippen LogP) is 0.812. The van der Waals surface area contributed by atoms with Gasteiger partial charge in [-0.15, -0.1) is 11.3 Å². The first kappa shape index (κ1) is 13.5. The van der Waals surface area contributed by atoms with Gasteiger partial charge in [0.1, 0.15) is 4.90 Å². The van der Waals surface area contributed by atoms with Crippen LogP contribution in [-0.4, -0.2) is 34.4 Å². The lowest BCUT2D eigenvalue weighted by Gasteiger charge is -2.25. The fraction of sp³-hybridized carbons (Fsp3) is 0.455. The van der Waals surface area contributed by atoms with Crippen LogP contribution in [0.25, 0.3) is 0 Å². The number of nitrogens with two attached hydrogens (primary N) is 1. The van der Waals surface area contributed by atoms with Gasteiger partial charge in [-0.1, -0.05) is 0 Å². The fourth-order valence-electron chi connectivity index (χ4n) is 2.45. The lowest BCUT2D eigenvalue weighted by atomic mass is 10.2. The van der Waals surface area contributed by atoms with E-state index >= 15 is 0 Å². The molecular formula is C11H15N5O2S2. The van der Waals surface area contributed by atoms with Crippen LogP contribution in [0.2, 0.25) is 0 Å². The molecular weight excluding hydrogens is 298 g/mol. The van der Waals surface area contributed by atoms with E-state index in [0.717, 1.165) is 10.6 Å². The van der Waals surface area contributed by atoms with E-state index in [1.807, 2.05) is 0 Å². The lowest BCUT2D eigenvalue weighted by molar-refractivity contribution is 0.392. The predicted molar refractivity (Wildman–Crippen MR) is 75.9 cm³/mol. The van der Waals surface area contributed by atoms with E-state index in [0.29, 0.717) is 36.0 Å². The van der Waals surface area contributed by atoms with E-state index in [-0.39, 0.29) is 4.90 Å². The van der Waals surface area contributed by atoms with Crippen molar-refractivity contribution in [3.63, 3.8) is 0 Å². The second kappa shape index (κ2) is 4.54. The number of nitrogens with zero attached hydrogens (tertiary/aromatic N) is 3. The van der Waals surface area contributed by atoms with Crippen molar-refractivity contribution in [2.75, 3.05) is 12.3 Å². The summed E-state index contributed by atoms with van der Waals surface area (Å²) < 4.78 is 26.9. The third kappa shape index (κ3) is 2.02. The van der Waals surface area contributed by atoms with Gasteiger partial charge in [-0.2, -0.15) is 9.40 Å². The molecule has 0 spiro atoms. The van der Waals surface area contributed by atoms with Gasteiger partial charge in [0.25, 0.3) is 0 Å². The van der Waals surface area contributed by atoms with E-state index in [4.69, 9.17) is 5.73 Å². The topological polar surface area (TPSA) is 105 Å². The first-order chi connectivity index (χ1) is 9.39. The quantitative estimate of drug-likeness (QED) is 0.853. The Labute approximate surface area is 120 Å². The maximum atomic E-state index is 12.7. The van der Waals surface area contributed by atoms with Crippen molar-refractivity contribution >= 4 is 26.5 Å². The molecule has 0 atom stereocenters. The van der Waals surface area contributed by atoms with Gasteiger partial charge < -0.3 is 5.73 Å². The Morgan fingerprint density at radius 1 is 1.40 bits per heavy atom. The van der Waals surface area contributed by atoms with E-state index < -0.39 is 10.0 Å². The molecule has 7 nitrogen and oxygen atoms in total. The van der Waals surface area contributed by atoms with Gasteiger partial charge in [0.2, 0.25) is 10.0 Å². The highest BCUT2D eigenvalue weighted by Crippen LogP contribution is 2.31. The molecule has 2 aromatic heterocycles. The van der Waals surface area contributed by atoms with Gasteiger partial charge in [-0.25, -0.2) is 13.4 Å². The number of anilines is 1. The standard InChI is InChI=1S/C11H15N5O2S2/c1-6-10(7(2)15-14-6)20(17,18)16-4-3-8-9(5-16)19-11(12)13-8/h3-5H2,1-2H3,(H2,12,13)(H,14,15). The summed E-state index contributed by atoms with van der Waals surface area (Å²) in [6.07, 6.45) is 0.595. The van der Waals surface area contributed by atoms with Gasteiger partial charge in [0.05, 0.1) is 23.6 Å². The number of fused-ring (bicyclic) bond motifs is 1. The molecule has 1 aliphatic rings. The normalized spacial score (nSPS) is 16.3. The SMILES string of the molecule is Cc1n[nH]c(C)c1S(=O)(=O)N1CCc2nc(N)sc2C1. The van der Waals surface area contributed by atoms with Gasteiger partial charge in [0, 0.05) is 17.8 Å². The molecule has 3 heterocycles. The lowest BCUT2D eigenvalue weighted by Crippen LogP contribution is -2.36. The van der Waals surface area contributed by atoms with Gasteiger partial charge in [-0.3, -0.25) is 5.10 Å². The molecule has 1 aliphatic heterocycles. The third-order valence-electron chi connectivity index (χ3n) is 3.37. The number of nitrogen functional groups attached to an aromatic ring is 1. The summed E-state index contributed by atoms with van der Waals surface area (Å²) in [5.74, 6) is 0. The molecule has 2 aromatic rings. The van der Waals surface area contributed by atoms with Crippen molar-refractivity contribution in [3.8, 4) is 0 Å². The first-order valence-electron chi connectivity index (χ1n) is 6.15. The molecule has 20 heavy (non-hydrogen) atoms. The Balaban J connectivity index is 1.98. The van der Waals surface area contributed by atoms with E-state index in [9.17, 15) is 8.42 Å². The molecule has 0 saturated heterocycles. The number of sulfonamides is 1. The molecule has 0 bridgehead atoms. The molecule has 0 radical (unpaired) electrons. The smallest absolute Gasteiger partial charge is 0.247 e. The summed E-state index contributed by atoms with van der Waals surface area (Å²) >= 11 is 1.35. The van der Waals surface area contributed by atoms with Gasteiger partial charge >= 0.3 is 0 Å². The zero-order valence-electron chi connectivity index (χ0n) is 11.2. The first-order valence-corrected chi connectivity index (χ1v) is 8.41. The summed E-state index contributed by atoms with van der Waals surface area (Å²) in [7, 11) is -3.54. The molecule has 108 valence electrons. The Bertz CT molecular complexity index is 742. The summed E-state index contributed by atoms with van der Waals surface area (Å²) in [4.78, 5) is 5.43. The summed E-state index contributed by atoms with van der Waals surface area (Å²) in [5, 5.41) is 7.18. The highest BCUT2D eigenvalue weighted by molar-refractivity contribution is 7.89. The van der Waals surface area contributed by atoms with Crippen molar-refractivity contribution < 1.29 is 8.42 Å². The minimum Gasteiger partial charge on any atom is -0.375 e. The minimum atomic E-state index is -3.54. The maximum absolute atomic E-state index is 12.7. The number of nitrogens with one attached hydrogen (secondary N) is 1. The minimum absolute atomic E-state index is 0.276. The maximum Gasteiger partial charge on any atom is 0.247 e. The third-order valence-corrected chi connectivity index (χ3v) is 6.39. The number of aryl methyl sites for hydroxylation is 2. The van der Waals surface area contributed by atoms with Crippen LogP contribution in [0.3, 0.4) is 0 Å².